The van der Waals surface area contributed by atoms with Gasteiger partial charge in [0.2, 0.25) is 0 Å². The maximum absolute atomic E-state index is 5.69. The van der Waals surface area contributed by atoms with Crippen LogP contribution in [0.5, 0.6) is 5.75 Å². The Hall–Kier alpha value is -1.22. The Bertz CT molecular complexity index is 271. The van der Waals surface area contributed by atoms with Crippen molar-refractivity contribution in [1.29, 1.82) is 0 Å². The molecule has 0 unspecified atom stereocenters. The minimum Gasteiger partial charge on any atom is -0.495 e. The van der Waals surface area contributed by atoms with Crippen LogP contribution in [0.2, 0.25) is 0 Å². The van der Waals surface area contributed by atoms with Crippen molar-refractivity contribution in [2.75, 3.05) is 12.8 Å². The molecule has 0 fully saturated rings. The van der Waals surface area contributed by atoms with E-state index < -0.39 is 0 Å². The first-order valence-corrected chi connectivity index (χ1v) is 3.84. The van der Waals surface area contributed by atoms with Crippen molar-refractivity contribution in [2.24, 2.45) is 5.73 Å². The van der Waals surface area contributed by atoms with Crippen molar-refractivity contribution in [3.63, 3.8) is 0 Å². The topological polar surface area (TPSA) is 61.3 Å². The summed E-state index contributed by atoms with van der Waals surface area (Å²) in [5, 5.41) is 0. The average molecular weight is 166 g/mol. The Morgan fingerprint density at radius 2 is 2.08 bits per heavy atom. The van der Waals surface area contributed by atoms with E-state index in [1.807, 2.05) is 25.1 Å². The van der Waals surface area contributed by atoms with Gasteiger partial charge in [-0.15, -0.1) is 0 Å². The number of rotatable bonds is 2. The third-order valence-corrected chi connectivity index (χ3v) is 1.78. The third kappa shape index (κ3) is 1.68. The largest absolute Gasteiger partial charge is 0.495 e. The van der Waals surface area contributed by atoms with Gasteiger partial charge >= 0.3 is 0 Å². The molecule has 66 valence electrons. The first-order valence-electron chi connectivity index (χ1n) is 3.84. The van der Waals surface area contributed by atoms with Crippen molar-refractivity contribution in [3.05, 3.63) is 23.8 Å². The van der Waals surface area contributed by atoms with Crippen LogP contribution in [0.4, 0.5) is 5.69 Å². The second-order valence-electron chi connectivity index (χ2n) is 2.79. The summed E-state index contributed by atoms with van der Waals surface area (Å²) in [7, 11) is 1.59. The summed E-state index contributed by atoms with van der Waals surface area (Å²) in [5.41, 5.74) is 13.0. The number of benzene rings is 1. The van der Waals surface area contributed by atoms with Gasteiger partial charge in [0, 0.05) is 6.04 Å². The third-order valence-electron chi connectivity index (χ3n) is 1.78. The molecule has 1 aromatic carbocycles. The highest BCUT2D eigenvalue weighted by Gasteiger charge is 2.02. The molecule has 0 aliphatic carbocycles. The van der Waals surface area contributed by atoms with Gasteiger partial charge in [-0.3, -0.25) is 0 Å². The molecule has 0 amide bonds. The van der Waals surface area contributed by atoms with E-state index in [4.69, 9.17) is 16.2 Å². The van der Waals surface area contributed by atoms with Crippen LogP contribution in [0.25, 0.3) is 0 Å². The first-order chi connectivity index (χ1) is 5.65. The Labute approximate surface area is 72.3 Å². The van der Waals surface area contributed by atoms with Crippen LogP contribution in [0.15, 0.2) is 18.2 Å². The summed E-state index contributed by atoms with van der Waals surface area (Å²) in [6.45, 7) is 1.92. The summed E-state index contributed by atoms with van der Waals surface area (Å²) in [6.07, 6.45) is 0. The van der Waals surface area contributed by atoms with E-state index in [0.717, 1.165) is 5.56 Å². The van der Waals surface area contributed by atoms with Gasteiger partial charge in [-0.25, -0.2) is 0 Å². The highest BCUT2D eigenvalue weighted by molar-refractivity contribution is 5.54. The normalized spacial score (nSPS) is 12.6. The smallest absolute Gasteiger partial charge is 0.141 e. The standard InChI is InChI=1S/C9H14N2O/c1-6(10)7-3-4-9(12-2)8(11)5-7/h3-6H,10-11H2,1-2H3/t6-/m0/s1. The molecular weight excluding hydrogens is 152 g/mol. The fourth-order valence-electron chi connectivity index (χ4n) is 1.04. The molecule has 0 saturated carbocycles. The van der Waals surface area contributed by atoms with Crippen LogP contribution in [-0.2, 0) is 0 Å². The summed E-state index contributed by atoms with van der Waals surface area (Å²) in [5.74, 6) is 0.694. The number of nitrogen functional groups attached to an aromatic ring is 1. The molecule has 3 nitrogen and oxygen atoms in total. The molecule has 12 heavy (non-hydrogen) atoms. The molecule has 1 atom stereocenters. The molecular formula is C9H14N2O. The number of nitrogens with two attached hydrogens (primary N) is 2. The molecule has 0 spiro atoms. The van der Waals surface area contributed by atoms with Gasteiger partial charge < -0.3 is 16.2 Å². The monoisotopic (exact) mass is 166 g/mol. The lowest BCUT2D eigenvalue weighted by Crippen LogP contribution is -2.05. The first kappa shape index (κ1) is 8.87. The van der Waals surface area contributed by atoms with Crippen molar-refractivity contribution in [3.8, 4) is 5.75 Å². The summed E-state index contributed by atoms with van der Waals surface area (Å²) < 4.78 is 5.01. The number of ether oxygens (including phenoxy) is 1. The SMILES string of the molecule is COc1ccc([C@H](C)N)cc1N. The fourth-order valence-corrected chi connectivity index (χ4v) is 1.04. The van der Waals surface area contributed by atoms with Gasteiger partial charge in [0.1, 0.15) is 5.75 Å². The Kier molecular flexibility index (Phi) is 2.55. The van der Waals surface area contributed by atoms with Crippen LogP contribution in [-0.4, -0.2) is 7.11 Å². The van der Waals surface area contributed by atoms with Crippen LogP contribution >= 0.6 is 0 Å². The lowest BCUT2D eigenvalue weighted by Gasteiger charge is -2.09. The Morgan fingerprint density at radius 1 is 1.42 bits per heavy atom. The van der Waals surface area contributed by atoms with Crippen LogP contribution in [0, 0.1) is 0 Å². The van der Waals surface area contributed by atoms with E-state index in [9.17, 15) is 0 Å². The van der Waals surface area contributed by atoms with Crippen molar-refractivity contribution in [1.82, 2.24) is 0 Å². The predicted molar refractivity (Wildman–Crippen MR) is 50.0 cm³/mol. The second kappa shape index (κ2) is 3.45. The number of hydrogen-bond acceptors (Lipinski definition) is 3. The van der Waals surface area contributed by atoms with Gasteiger partial charge in [0.15, 0.2) is 0 Å². The van der Waals surface area contributed by atoms with Crippen molar-refractivity contribution in [2.45, 2.75) is 13.0 Å². The average Bonchev–Trinajstić information content (AvgIpc) is 2.04. The number of anilines is 1. The lowest BCUT2D eigenvalue weighted by atomic mass is 10.1. The maximum atomic E-state index is 5.69. The highest BCUT2D eigenvalue weighted by Crippen LogP contribution is 2.23. The summed E-state index contributed by atoms with van der Waals surface area (Å²) in [4.78, 5) is 0. The molecule has 0 saturated heterocycles. The quantitative estimate of drug-likeness (QED) is 0.651. The van der Waals surface area contributed by atoms with Crippen LogP contribution in [0.1, 0.15) is 18.5 Å². The van der Waals surface area contributed by atoms with Crippen LogP contribution in [0.3, 0.4) is 0 Å². The minimum atomic E-state index is 0.0122. The van der Waals surface area contributed by atoms with E-state index in [-0.39, 0.29) is 6.04 Å². The second-order valence-corrected chi connectivity index (χ2v) is 2.79. The highest BCUT2D eigenvalue weighted by atomic mass is 16.5. The number of hydrogen-bond donors (Lipinski definition) is 2. The molecule has 0 aliphatic rings. The van der Waals surface area contributed by atoms with Gasteiger partial charge in [-0.2, -0.15) is 0 Å². The molecule has 1 rings (SSSR count). The minimum absolute atomic E-state index is 0.0122. The molecule has 0 heterocycles. The van der Waals surface area contributed by atoms with E-state index in [0.29, 0.717) is 11.4 Å². The van der Waals surface area contributed by atoms with Gasteiger partial charge in [0.05, 0.1) is 12.8 Å². The van der Waals surface area contributed by atoms with Crippen LogP contribution < -0.4 is 16.2 Å². The van der Waals surface area contributed by atoms with E-state index in [1.54, 1.807) is 7.11 Å². The van der Waals surface area contributed by atoms with E-state index >= 15 is 0 Å². The van der Waals surface area contributed by atoms with Gasteiger partial charge in [-0.05, 0) is 24.6 Å². The van der Waals surface area contributed by atoms with E-state index in [1.165, 1.54) is 0 Å². The molecule has 3 heteroatoms. The lowest BCUT2D eigenvalue weighted by molar-refractivity contribution is 0.417. The molecule has 0 radical (unpaired) electrons. The molecule has 0 aromatic heterocycles. The maximum Gasteiger partial charge on any atom is 0.141 e. The molecule has 1 aromatic rings. The summed E-state index contributed by atoms with van der Waals surface area (Å²) in [6, 6.07) is 5.59. The van der Waals surface area contributed by atoms with Gasteiger partial charge in [-0.1, -0.05) is 6.07 Å². The zero-order valence-corrected chi connectivity index (χ0v) is 7.37. The van der Waals surface area contributed by atoms with Gasteiger partial charge in [0.25, 0.3) is 0 Å². The molecule has 0 bridgehead atoms. The number of methoxy groups -OCH3 is 1. The fraction of sp³-hybridized carbons (Fsp3) is 0.333. The van der Waals surface area contributed by atoms with E-state index in [2.05, 4.69) is 0 Å². The zero-order valence-electron chi connectivity index (χ0n) is 7.37. The van der Waals surface area contributed by atoms with Crippen molar-refractivity contribution < 1.29 is 4.74 Å². The summed E-state index contributed by atoms with van der Waals surface area (Å²) >= 11 is 0. The molecule has 4 N–H and O–H groups in total. The predicted octanol–water partition coefficient (Wildman–Crippen LogP) is 1.30. The molecule has 0 aliphatic heterocycles. The van der Waals surface area contributed by atoms with Crippen molar-refractivity contribution >= 4 is 5.69 Å². The Morgan fingerprint density at radius 3 is 2.50 bits per heavy atom. The Balaban J connectivity index is 3.02. The zero-order chi connectivity index (χ0) is 9.14.